The number of hydrogen-bond acceptors (Lipinski definition) is 0. The largest absolute Gasteiger partial charge is 0.0955 e. The molecule has 1 aromatic carbocycles. The Morgan fingerprint density at radius 3 is 2.71 bits per heavy atom. The van der Waals surface area contributed by atoms with Gasteiger partial charge in [-0.2, -0.15) is 0 Å². The van der Waals surface area contributed by atoms with Crippen molar-refractivity contribution in [2.75, 3.05) is 0 Å². The average molecular weight is 222 g/mol. The normalized spacial score (nSPS) is 22.9. The van der Waals surface area contributed by atoms with Crippen molar-refractivity contribution in [3.63, 3.8) is 0 Å². The number of fused-ring (bicyclic) bond motifs is 1. The quantitative estimate of drug-likeness (QED) is 0.596. The first-order chi connectivity index (χ1) is 8.25. The van der Waals surface area contributed by atoms with Gasteiger partial charge in [0.25, 0.3) is 0 Å². The Labute approximate surface area is 104 Å². The van der Waals surface area contributed by atoms with Crippen molar-refractivity contribution >= 4 is 6.08 Å². The van der Waals surface area contributed by atoms with Gasteiger partial charge in [-0.25, -0.2) is 0 Å². The Kier molecular flexibility index (Phi) is 3.77. The zero-order chi connectivity index (χ0) is 12.1. The Morgan fingerprint density at radius 1 is 1.06 bits per heavy atom. The molecule has 0 radical (unpaired) electrons. The highest BCUT2D eigenvalue weighted by Crippen LogP contribution is 2.17. The van der Waals surface area contributed by atoms with Gasteiger partial charge in [0.05, 0.1) is 0 Å². The van der Waals surface area contributed by atoms with Crippen LogP contribution in [-0.2, 0) is 6.42 Å². The Hall–Kier alpha value is -1.82. The molecule has 0 bridgehead atoms. The molecule has 0 heterocycles. The predicted octanol–water partition coefficient (Wildman–Crippen LogP) is 4.70. The number of allylic oxidation sites excluding steroid dienone is 6. The van der Waals surface area contributed by atoms with Crippen LogP contribution in [0.25, 0.3) is 6.08 Å². The summed E-state index contributed by atoms with van der Waals surface area (Å²) in [6.07, 6.45) is 12.8. The summed E-state index contributed by atoms with van der Waals surface area (Å²) < 4.78 is 0. The molecule has 2 rings (SSSR count). The molecule has 0 amide bonds. The Balaban J connectivity index is 2.38. The molecule has 1 aliphatic carbocycles. The molecule has 0 spiro atoms. The first-order valence-corrected chi connectivity index (χ1v) is 6.03. The summed E-state index contributed by atoms with van der Waals surface area (Å²) in [5.41, 5.74) is 5.08. The van der Waals surface area contributed by atoms with Gasteiger partial charge in [-0.05, 0) is 30.9 Å². The first kappa shape index (κ1) is 11.7. The number of hydrogen-bond donors (Lipinski definition) is 0. The van der Waals surface area contributed by atoms with E-state index in [1.807, 2.05) is 0 Å². The fourth-order valence-corrected chi connectivity index (χ4v) is 2.05. The van der Waals surface area contributed by atoms with Crippen molar-refractivity contribution < 1.29 is 0 Å². The van der Waals surface area contributed by atoms with Gasteiger partial charge in [0.15, 0.2) is 0 Å². The smallest absolute Gasteiger partial charge is 0.00256 e. The summed E-state index contributed by atoms with van der Waals surface area (Å²) in [5.74, 6) is 0. The fraction of sp³-hybridized carbons (Fsp3) is 0.176. The number of benzene rings is 1. The van der Waals surface area contributed by atoms with Crippen LogP contribution in [0, 0.1) is 0 Å². The molecule has 0 fully saturated rings. The molecule has 1 aromatic rings. The molecule has 0 saturated carbocycles. The monoisotopic (exact) mass is 222 g/mol. The van der Waals surface area contributed by atoms with Gasteiger partial charge in [0, 0.05) is 0 Å². The van der Waals surface area contributed by atoms with Crippen LogP contribution in [0.5, 0.6) is 0 Å². The zero-order valence-electron chi connectivity index (χ0n) is 10.3. The van der Waals surface area contributed by atoms with E-state index < -0.39 is 0 Å². The molecule has 0 aliphatic heterocycles. The van der Waals surface area contributed by atoms with Crippen LogP contribution in [0.15, 0.2) is 66.3 Å². The van der Waals surface area contributed by atoms with E-state index in [0.29, 0.717) is 0 Å². The molecule has 0 saturated heterocycles. The van der Waals surface area contributed by atoms with Crippen molar-refractivity contribution in [2.24, 2.45) is 0 Å². The molecule has 0 unspecified atom stereocenters. The van der Waals surface area contributed by atoms with E-state index in [-0.39, 0.29) is 0 Å². The molecule has 0 nitrogen and oxygen atoms in total. The number of rotatable bonds is 0. The lowest BCUT2D eigenvalue weighted by molar-refractivity contribution is 1.19. The summed E-state index contributed by atoms with van der Waals surface area (Å²) >= 11 is 0. The SMILES string of the molecule is C=C1/C=C(C)\C=C/C/C=C\c2ccccc2C1. The maximum atomic E-state index is 4.13. The van der Waals surface area contributed by atoms with E-state index in [1.54, 1.807) is 0 Å². The second kappa shape index (κ2) is 5.49. The lowest BCUT2D eigenvalue weighted by Crippen LogP contribution is -1.90. The van der Waals surface area contributed by atoms with Crippen LogP contribution in [0.4, 0.5) is 0 Å². The Bertz CT molecular complexity index is 499. The summed E-state index contributed by atoms with van der Waals surface area (Å²) in [6, 6.07) is 8.52. The highest BCUT2D eigenvalue weighted by molar-refractivity contribution is 5.55. The van der Waals surface area contributed by atoms with Crippen molar-refractivity contribution in [1.29, 1.82) is 0 Å². The van der Waals surface area contributed by atoms with Crippen LogP contribution in [-0.4, -0.2) is 0 Å². The van der Waals surface area contributed by atoms with Gasteiger partial charge in [0.1, 0.15) is 0 Å². The zero-order valence-corrected chi connectivity index (χ0v) is 10.3. The van der Waals surface area contributed by atoms with Crippen molar-refractivity contribution in [3.05, 3.63) is 77.4 Å². The molecular weight excluding hydrogens is 204 g/mol. The van der Waals surface area contributed by atoms with Crippen molar-refractivity contribution in [3.8, 4) is 0 Å². The van der Waals surface area contributed by atoms with E-state index in [1.165, 1.54) is 16.7 Å². The second-order valence-electron chi connectivity index (χ2n) is 4.46. The molecular formula is C17H18. The van der Waals surface area contributed by atoms with Gasteiger partial charge in [0.2, 0.25) is 0 Å². The summed E-state index contributed by atoms with van der Waals surface area (Å²) in [6.45, 7) is 6.25. The summed E-state index contributed by atoms with van der Waals surface area (Å²) in [7, 11) is 0. The van der Waals surface area contributed by atoms with E-state index in [2.05, 4.69) is 68.1 Å². The minimum absolute atomic E-state index is 0.922. The topological polar surface area (TPSA) is 0 Å². The van der Waals surface area contributed by atoms with Crippen molar-refractivity contribution in [2.45, 2.75) is 19.8 Å². The fourth-order valence-electron chi connectivity index (χ4n) is 2.05. The summed E-state index contributed by atoms with van der Waals surface area (Å²) in [4.78, 5) is 0. The second-order valence-corrected chi connectivity index (χ2v) is 4.46. The lowest BCUT2D eigenvalue weighted by atomic mass is 9.99. The molecule has 86 valence electrons. The summed E-state index contributed by atoms with van der Waals surface area (Å²) in [5, 5.41) is 0. The maximum Gasteiger partial charge on any atom is -0.00256 e. The van der Waals surface area contributed by atoms with Gasteiger partial charge >= 0.3 is 0 Å². The standard InChI is InChI=1S/C17H18/c1-14-8-4-3-5-9-16-10-6-7-11-17(16)13-15(2)12-14/h4-12H,2-3,13H2,1H3/b8-4-,9-5-,14-12-. The van der Waals surface area contributed by atoms with Gasteiger partial charge < -0.3 is 0 Å². The van der Waals surface area contributed by atoms with E-state index in [0.717, 1.165) is 18.4 Å². The van der Waals surface area contributed by atoms with Crippen LogP contribution in [0.2, 0.25) is 0 Å². The minimum atomic E-state index is 0.922. The highest BCUT2D eigenvalue weighted by atomic mass is 14.1. The van der Waals surface area contributed by atoms with E-state index in [9.17, 15) is 0 Å². The molecule has 17 heavy (non-hydrogen) atoms. The third-order valence-corrected chi connectivity index (χ3v) is 2.85. The van der Waals surface area contributed by atoms with Gasteiger partial charge in [-0.3, -0.25) is 0 Å². The van der Waals surface area contributed by atoms with E-state index in [4.69, 9.17) is 0 Å². The van der Waals surface area contributed by atoms with E-state index >= 15 is 0 Å². The van der Waals surface area contributed by atoms with Crippen molar-refractivity contribution in [1.82, 2.24) is 0 Å². The molecule has 0 N–H and O–H groups in total. The predicted molar refractivity (Wildman–Crippen MR) is 75.8 cm³/mol. The Morgan fingerprint density at radius 2 is 1.82 bits per heavy atom. The molecule has 0 atom stereocenters. The van der Waals surface area contributed by atoms with Crippen LogP contribution < -0.4 is 0 Å². The lowest BCUT2D eigenvalue weighted by Gasteiger charge is -2.06. The molecule has 0 heteroatoms. The van der Waals surface area contributed by atoms with Crippen LogP contribution in [0.1, 0.15) is 24.5 Å². The van der Waals surface area contributed by atoms with Crippen LogP contribution in [0.3, 0.4) is 0 Å². The first-order valence-electron chi connectivity index (χ1n) is 6.03. The van der Waals surface area contributed by atoms with Gasteiger partial charge in [-0.1, -0.05) is 72.4 Å². The minimum Gasteiger partial charge on any atom is -0.0955 e. The molecule has 1 aliphatic rings. The highest BCUT2D eigenvalue weighted by Gasteiger charge is 2.00. The third kappa shape index (κ3) is 3.32. The van der Waals surface area contributed by atoms with Crippen LogP contribution >= 0.6 is 0 Å². The molecule has 0 aromatic heterocycles. The average Bonchev–Trinajstić information content (AvgIpc) is 2.32. The third-order valence-electron chi connectivity index (χ3n) is 2.85. The van der Waals surface area contributed by atoms with Gasteiger partial charge in [-0.15, -0.1) is 0 Å². The maximum absolute atomic E-state index is 4.13.